The van der Waals surface area contributed by atoms with Crippen LogP contribution in [-0.4, -0.2) is 7.11 Å². The molecule has 0 radical (unpaired) electrons. The van der Waals surface area contributed by atoms with Crippen LogP contribution in [0.5, 0.6) is 11.5 Å². The molecule has 0 atom stereocenters. The number of methoxy groups -OCH3 is 1. The van der Waals surface area contributed by atoms with Gasteiger partial charge in [0.05, 0.1) is 13.7 Å². The molecule has 2 aromatic rings. The fraction of sp³-hybridized carbons (Fsp3) is 0.143. The van der Waals surface area contributed by atoms with E-state index < -0.39 is 0 Å². The first kappa shape index (κ1) is 15.2. The van der Waals surface area contributed by atoms with Crippen molar-refractivity contribution in [2.75, 3.05) is 7.11 Å². The molecule has 0 aliphatic rings. The summed E-state index contributed by atoms with van der Waals surface area (Å²) in [5, 5.41) is 0. The molecule has 90 valence electrons. The summed E-state index contributed by atoms with van der Waals surface area (Å²) in [6.07, 6.45) is 0. The Bertz CT molecular complexity index is 449. The van der Waals surface area contributed by atoms with Crippen LogP contribution in [0.15, 0.2) is 48.5 Å². The van der Waals surface area contributed by atoms with Gasteiger partial charge < -0.3 is 9.47 Å². The molecule has 0 aliphatic heterocycles. The summed E-state index contributed by atoms with van der Waals surface area (Å²) in [5.41, 5.74) is 1.09. The van der Waals surface area contributed by atoms with Crippen LogP contribution in [0, 0.1) is 6.07 Å². The molecule has 0 bridgehead atoms. The monoisotopic (exact) mass is 356 g/mol. The van der Waals surface area contributed by atoms with Gasteiger partial charge >= 0.3 is 30.0 Å². The predicted octanol–water partition coefficient (Wildman–Crippen LogP) is 3.92. The number of hydrogen-bond acceptors (Lipinski definition) is 2. The van der Waals surface area contributed by atoms with Crippen molar-refractivity contribution in [2.24, 2.45) is 0 Å². The zero-order valence-corrected chi connectivity index (χ0v) is 14.8. The number of para-hydroxylation sites is 2. The van der Waals surface area contributed by atoms with Gasteiger partial charge in [-0.3, -0.25) is 0 Å². The molecule has 0 aliphatic carbocycles. The zero-order valence-electron chi connectivity index (χ0n) is 10.2. The molecule has 0 saturated heterocycles. The number of hydrogen-bond donors (Lipinski definition) is 0. The van der Waals surface area contributed by atoms with Gasteiger partial charge in [-0.15, -0.1) is 5.56 Å². The van der Waals surface area contributed by atoms with Gasteiger partial charge in [0, 0.05) is 0 Å². The van der Waals surface area contributed by atoms with Crippen molar-refractivity contribution in [3.63, 3.8) is 0 Å². The molecule has 4 heteroatoms. The van der Waals surface area contributed by atoms with Crippen LogP contribution in [0.1, 0.15) is 5.56 Å². The van der Waals surface area contributed by atoms with Crippen LogP contribution >= 0.6 is 13.6 Å². The van der Waals surface area contributed by atoms with Gasteiger partial charge in [-0.05, 0) is 12.1 Å². The Balaban J connectivity index is 0.000000771. The summed E-state index contributed by atoms with van der Waals surface area (Å²) in [6.45, 7) is 0.526. The van der Waals surface area contributed by atoms with Crippen LogP contribution in [0.4, 0.5) is 0 Å². The van der Waals surface area contributed by atoms with Gasteiger partial charge in [0.2, 0.25) is 0 Å². The Kier molecular flexibility index (Phi) is 7.71. The Labute approximate surface area is 124 Å². The van der Waals surface area contributed by atoms with Crippen molar-refractivity contribution in [1.29, 1.82) is 0 Å². The minimum absolute atomic E-state index is 0.526. The summed E-state index contributed by atoms with van der Waals surface area (Å²) in [6, 6.07) is 18.4. The van der Waals surface area contributed by atoms with Crippen LogP contribution in [0.25, 0.3) is 0 Å². The van der Waals surface area contributed by atoms with Crippen LogP contribution < -0.4 is 9.47 Å². The number of benzene rings is 2. The van der Waals surface area contributed by atoms with Crippen molar-refractivity contribution >= 4 is 13.6 Å². The van der Waals surface area contributed by atoms with Gasteiger partial charge in [-0.25, -0.2) is 0 Å². The molecule has 0 saturated carbocycles. The summed E-state index contributed by atoms with van der Waals surface area (Å²) in [5.74, 6) is 1.51. The normalized spacial score (nSPS) is 9.11. The van der Waals surface area contributed by atoms with E-state index in [2.05, 4.69) is 19.7 Å². The third kappa shape index (κ3) is 4.79. The van der Waals surface area contributed by atoms with Gasteiger partial charge in [0.15, 0.2) is 11.5 Å². The number of halogens is 1. The average molecular weight is 359 g/mol. The van der Waals surface area contributed by atoms with Gasteiger partial charge in [0.1, 0.15) is 0 Å². The SMILES string of the molecule is COc1ccccc1OCc1c[c-]ccc1.[Zn+][Br]. The zero-order chi connectivity index (χ0) is 13.2. The average Bonchev–Trinajstić information content (AvgIpc) is 2.48. The maximum absolute atomic E-state index is 5.67. The third-order valence-electron chi connectivity index (χ3n) is 2.23. The second-order valence-corrected chi connectivity index (χ2v) is 3.35. The second kappa shape index (κ2) is 9.12. The summed E-state index contributed by atoms with van der Waals surface area (Å²) < 4.78 is 10.9. The van der Waals surface area contributed by atoms with Gasteiger partial charge in [0.25, 0.3) is 0 Å². The molecule has 0 spiro atoms. The van der Waals surface area contributed by atoms with E-state index in [9.17, 15) is 0 Å². The molecule has 0 unspecified atom stereocenters. The Morgan fingerprint density at radius 1 is 1.11 bits per heavy atom. The topological polar surface area (TPSA) is 18.5 Å². The fourth-order valence-corrected chi connectivity index (χ4v) is 1.42. The van der Waals surface area contributed by atoms with E-state index >= 15 is 0 Å². The molecule has 2 rings (SSSR count). The minimum atomic E-state index is 0.526. The molecule has 2 nitrogen and oxygen atoms in total. The van der Waals surface area contributed by atoms with E-state index in [-0.39, 0.29) is 0 Å². The number of ether oxygens (including phenoxy) is 2. The number of rotatable bonds is 4. The summed E-state index contributed by atoms with van der Waals surface area (Å²) in [4.78, 5) is 0. The summed E-state index contributed by atoms with van der Waals surface area (Å²) >= 11 is 4.25. The second-order valence-electron chi connectivity index (χ2n) is 3.35. The van der Waals surface area contributed by atoms with Crippen molar-refractivity contribution in [2.45, 2.75) is 6.61 Å². The van der Waals surface area contributed by atoms with E-state index in [4.69, 9.17) is 9.47 Å². The van der Waals surface area contributed by atoms with Crippen molar-refractivity contribution in [1.82, 2.24) is 0 Å². The Hall–Kier alpha value is -0.857. The van der Waals surface area contributed by atoms with E-state index in [1.807, 2.05) is 48.5 Å². The van der Waals surface area contributed by atoms with Crippen molar-refractivity contribution < 1.29 is 25.8 Å². The predicted molar refractivity (Wildman–Crippen MR) is 71.5 cm³/mol. The first-order valence-corrected chi connectivity index (χ1v) is 12.3. The first-order chi connectivity index (χ1) is 8.90. The molecule has 2 aromatic carbocycles. The molecule has 0 heterocycles. The van der Waals surface area contributed by atoms with Gasteiger partial charge in [-0.2, -0.15) is 30.3 Å². The fourth-order valence-electron chi connectivity index (χ4n) is 1.42. The van der Waals surface area contributed by atoms with Crippen LogP contribution in [0.3, 0.4) is 0 Å². The molecule has 18 heavy (non-hydrogen) atoms. The maximum atomic E-state index is 5.67. The van der Waals surface area contributed by atoms with E-state index in [0.29, 0.717) is 6.61 Å². The van der Waals surface area contributed by atoms with E-state index in [1.54, 1.807) is 7.11 Å². The quantitative estimate of drug-likeness (QED) is 0.609. The van der Waals surface area contributed by atoms with Crippen molar-refractivity contribution in [3.8, 4) is 11.5 Å². The third-order valence-corrected chi connectivity index (χ3v) is 2.23. The van der Waals surface area contributed by atoms with E-state index in [1.165, 1.54) is 16.3 Å². The van der Waals surface area contributed by atoms with Gasteiger partial charge in [-0.1, -0.05) is 12.1 Å². The molecule has 0 amide bonds. The summed E-state index contributed by atoms with van der Waals surface area (Å²) in [7, 11) is 1.64. The van der Waals surface area contributed by atoms with Crippen LogP contribution in [0.2, 0.25) is 0 Å². The Morgan fingerprint density at radius 3 is 2.44 bits per heavy atom. The molecular formula is C14H13BrO2Zn. The van der Waals surface area contributed by atoms with Crippen molar-refractivity contribution in [3.05, 3.63) is 60.2 Å². The van der Waals surface area contributed by atoms with Crippen LogP contribution in [-0.2, 0) is 22.9 Å². The van der Waals surface area contributed by atoms with E-state index in [0.717, 1.165) is 17.1 Å². The molecular weight excluding hydrogens is 345 g/mol. The molecule has 0 aromatic heterocycles. The Morgan fingerprint density at radius 2 is 1.83 bits per heavy atom. The first-order valence-electron chi connectivity index (χ1n) is 5.37. The molecule has 0 N–H and O–H groups in total. The standard InChI is InChI=1S/C14H13O2.BrH.Zn/c1-15-13-9-5-6-10-14(13)16-11-12-7-3-2-4-8-12;;/h2-3,5-10H,11H2,1H3;1H;/q-1;;+2/p-1. The molecule has 0 fully saturated rings.